The van der Waals surface area contributed by atoms with Gasteiger partial charge in [-0.25, -0.2) is 12.7 Å². The number of nitrogens with one attached hydrogen (secondary N) is 1. The topological polar surface area (TPSA) is 104 Å². The van der Waals surface area contributed by atoms with Gasteiger partial charge in [0.2, 0.25) is 15.9 Å². The van der Waals surface area contributed by atoms with Crippen molar-refractivity contribution in [2.45, 2.75) is 26.3 Å². The highest BCUT2D eigenvalue weighted by molar-refractivity contribution is 7.89. The normalized spacial score (nSPS) is 12.8. The van der Waals surface area contributed by atoms with Crippen LogP contribution in [0.3, 0.4) is 0 Å². The number of benzene rings is 1. The van der Waals surface area contributed by atoms with Crippen LogP contribution in [0.4, 0.5) is 0 Å². The van der Waals surface area contributed by atoms with Gasteiger partial charge in [0.05, 0.1) is 12.5 Å². The van der Waals surface area contributed by atoms with Gasteiger partial charge in [0.1, 0.15) is 5.75 Å². The van der Waals surface area contributed by atoms with Crippen LogP contribution in [-0.2, 0) is 19.6 Å². The molecule has 0 heterocycles. The van der Waals surface area contributed by atoms with Gasteiger partial charge in [0.25, 0.3) is 0 Å². The maximum Gasteiger partial charge on any atom is 0.305 e. The summed E-state index contributed by atoms with van der Waals surface area (Å²) in [6, 6.07) is 5.50. The lowest BCUT2D eigenvalue weighted by Crippen LogP contribution is -2.40. The first kappa shape index (κ1) is 20.4. The fourth-order valence-corrected chi connectivity index (χ4v) is 3.74. The molecule has 0 fully saturated rings. The lowest BCUT2D eigenvalue weighted by molar-refractivity contribution is -0.137. The molecule has 1 atom stereocenters. The summed E-state index contributed by atoms with van der Waals surface area (Å²) in [5.74, 6) is -2.58. The van der Waals surface area contributed by atoms with Crippen LogP contribution in [0.5, 0.6) is 0 Å². The summed E-state index contributed by atoms with van der Waals surface area (Å²) in [5.41, 5.74) is 0.537. The Kier molecular flexibility index (Phi) is 7.65. The van der Waals surface area contributed by atoms with Crippen LogP contribution in [0.15, 0.2) is 24.3 Å². The molecular formula is C15H21ClN2O5S. The Balaban J connectivity index is 2.88. The average Bonchev–Trinajstić information content (AvgIpc) is 2.47. The minimum absolute atomic E-state index is 0.266. The minimum atomic E-state index is -3.73. The molecule has 1 rings (SSSR count). The van der Waals surface area contributed by atoms with Gasteiger partial charge in [-0.1, -0.05) is 37.6 Å². The van der Waals surface area contributed by atoms with Crippen molar-refractivity contribution in [1.29, 1.82) is 0 Å². The second-order valence-electron chi connectivity index (χ2n) is 5.11. The number of aliphatic carboxylic acids is 1. The van der Waals surface area contributed by atoms with Crippen LogP contribution in [-0.4, -0.2) is 48.5 Å². The van der Waals surface area contributed by atoms with E-state index in [1.807, 2.05) is 0 Å². The number of nitrogens with zero attached hydrogens (tertiary/aromatic N) is 1. The van der Waals surface area contributed by atoms with Gasteiger partial charge in [-0.2, -0.15) is 0 Å². The fourth-order valence-electron chi connectivity index (χ4n) is 2.23. The number of amides is 1. The molecule has 0 spiro atoms. The maximum absolute atomic E-state index is 12.1. The molecule has 0 aliphatic carbocycles. The number of rotatable bonds is 9. The summed E-state index contributed by atoms with van der Waals surface area (Å²) in [5, 5.41) is 12.0. The second kappa shape index (κ2) is 9.00. The molecule has 134 valence electrons. The molecule has 0 aliphatic heterocycles. The number of carbonyl (C=O) groups excluding carboxylic acids is 1. The molecule has 0 bridgehead atoms. The van der Waals surface area contributed by atoms with Crippen LogP contribution in [0, 0.1) is 0 Å². The lowest BCUT2D eigenvalue weighted by atomic mass is 10.0. The predicted molar refractivity (Wildman–Crippen MR) is 91.3 cm³/mol. The van der Waals surface area contributed by atoms with Crippen molar-refractivity contribution in [3.63, 3.8) is 0 Å². The van der Waals surface area contributed by atoms with Crippen molar-refractivity contribution in [2.75, 3.05) is 18.8 Å². The van der Waals surface area contributed by atoms with Crippen LogP contribution >= 0.6 is 11.6 Å². The molecule has 9 heteroatoms. The molecule has 0 saturated heterocycles. The number of carboxylic acids is 1. The smallest absolute Gasteiger partial charge is 0.305 e. The number of halogens is 1. The zero-order chi connectivity index (χ0) is 18.3. The molecule has 7 nitrogen and oxygen atoms in total. The minimum Gasteiger partial charge on any atom is -0.481 e. The monoisotopic (exact) mass is 376 g/mol. The fraction of sp³-hybridized carbons (Fsp3) is 0.467. The van der Waals surface area contributed by atoms with E-state index in [0.717, 1.165) is 0 Å². The van der Waals surface area contributed by atoms with Gasteiger partial charge in [0.15, 0.2) is 0 Å². The Morgan fingerprint density at radius 1 is 1.21 bits per heavy atom. The van der Waals surface area contributed by atoms with Gasteiger partial charge in [-0.3, -0.25) is 9.59 Å². The van der Waals surface area contributed by atoms with Crippen molar-refractivity contribution in [3.8, 4) is 0 Å². The van der Waals surface area contributed by atoms with Crippen LogP contribution in [0.2, 0.25) is 5.02 Å². The Bertz CT molecular complexity index is 672. The van der Waals surface area contributed by atoms with Crippen molar-refractivity contribution < 1.29 is 23.1 Å². The number of carboxylic acid groups (broad SMARTS) is 1. The first-order valence-electron chi connectivity index (χ1n) is 7.44. The van der Waals surface area contributed by atoms with E-state index in [-0.39, 0.29) is 19.5 Å². The molecule has 2 N–H and O–H groups in total. The third kappa shape index (κ3) is 6.10. The van der Waals surface area contributed by atoms with Gasteiger partial charge >= 0.3 is 5.97 Å². The summed E-state index contributed by atoms with van der Waals surface area (Å²) in [7, 11) is -3.73. The van der Waals surface area contributed by atoms with Crippen molar-refractivity contribution >= 4 is 33.5 Å². The molecule has 0 aliphatic rings. The molecule has 0 saturated carbocycles. The van der Waals surface area contributed by atoms with E-state index in [1.54, 1.807) is 38.1 Å². The molecule has 1 amide bonds. The molecule has 0 radical (unpaired) electrons. The van der Waals surface area contributed by atoms with Gasteiger partial charge in [-0.05, 0) is 17.7 Å². The van der Waals surface area contributed by atoms with E-state index in [9.17, 15) is 18.0 Å². The third-order valence-corrected chi connectivity index (χ3v) is 5.58. The highest BCUT2D eigenvalue weighted by atomic mass is 35.5. The molecule has 0 aromatic heterocycles. The van der Waals surface area contributed by atoms with Crippen molar-refractivity contribution in [1.82, 2.24) is 9.62 Å². The number of hydrogen-bond donors (Lipinski definition) is 2. The Labute approximate surface area is 146 Å². The van der Waals surface area contributed by atoms with E-state index < -0.39 is 33.7 Å². The van der Waals surface area contributed by atoms with Crippen LogP contribution in [0.25, 0.3) is 0 Å². The third-order valence-electron chi connectivity index (χ3n) is 3.40. The van der Waals surface area contributed by atoms with Crippen molar-refractivity contribution in [2.24, 2.45) is 0 Å². The average molecular weight is 377 g/mol. The van der Waals surface area contributed by atoms with E-state index in [4.69, 9.17) is 16.7 Å². The van der Waals surface area contributed by atoms with E-state index in [0.29, 0.717) is 10.6 Å². The first-order chi connectivity index (χ1) is 11.2. The Morgan fingerprint density at radius 3 is 2.21 bits per heavy atom. The summed E-state index contributed by atoms with van der Waals surface area (Å²) in [6.07, 6.45) is -0.362. The van der Waals surface area contributed by atoms with Crippen LogP contribution < -0.4 is 5.32 Å². The molecule has 24 heavy (non-hydrogen) atoms. The summed E-state index contributed by atoms with van der Waals surface area (Å²) in [4.78, 5) is 23.1. The number of hydrogen-bond acceptors (Lipinski definition) is 4. The molecular weight excluding hydrogens is 356 g/mol. The van der Waals surface area contributed by atoms with E-state index >= 15 is 0 Å². The van der Waals surface area contributed by atoms with Gasteiger partial charge in [0, 0.05) is 18.1 Å². The predicted octanol–water partition coefficient (Wildman–Crippen LogP) is 1.64. The van der Waals surface area contributed by atoms with Gasteiger partial charge in [-0.15, -0.1) is 0 Å². The molecule has 1 aromatic rings. The van der Waals surface area contributed by atoms with Crippen LogP contribution in [0.1, 0.15) is 31.9 Å². The van der Waals surface area contributed by atoms with E-state index in [2.05, 4.69) is 5.32 Å². The lowest BCUT2D eigenvalue weighted by Gasteiger charge is -2.20. The zero-order valence-corrected chi connectivity index (χ0v) is 15.1. The Morgan fingerprint density at radius 2 is 1.75 bits per heavy atom. The molecule has 0 unspecified atom stereocenters. The Hall–Kier alpha value is -1.64. The van der Waals surface area contributed by atoms with E-state index in [1.165, 1.54) is 4.31 Å². The summed E-state index contributed by atoms with van der Waals surface area (Å²) < 4.78 is 25.4. The first-order valence-corrected chi connectivity index (χ1v) is 9.42. The highest BCUT2D eigenvalue weighted by Gasteiger charge is 2.25. The quantitative estimate of drug-likeness (QED) is 0.681. The zero-order valence-electron chi connectivity index (χ0n) is 13.5. The summed E-state index contributed by atoms with van der Waals surface area (Å²) in [6.45, 7) is 3.89. The molecule has 1 aromatic carbocycles. The highest BCUT2D eigenvalue weighted by Crippen LogP contribution is 2.19. The summed E-state index contributed by atoms with van der Waals surface area (Å²) >= 11 is 5.79. The maximum atomic E-state index is 12.1. The largest absolute Gasteiger partial charge is 0.481 e. The van der Waals surface area contributed by atoms with Crippen molar-refractivity contribution in [3.05, 3.63) is 34.9 Å². The second-order valence-corrected chi connectivity index (χ2v) is 7.52. The standard InChI is InChI=1S/C15H21ClN2O5S/c1-3-18(4-2)24(22,23)10-14(19)17-13(9-15(20)21)11-5-7-12(16)8-6-11/h5-8,13H,3-4,9-10H2,1-2H3,(H,17,19)(H,20,21)/t13-/m0/s1. The SMILES string of the molecule is CCN(CC)S(=O)(=O)CC(=O)N[C@@H](CC(=O)O)c1ccc(Cl)cc1. The number of sulfonamides is 1. The van der Waals surface area contributed by atoms with Gasteiger partial charge < -0.3 is 10.4 Å². The number of carbonyl (C=O) groups is 2.